The molecule has 0 atom stereocenters. The van der Waals surface area contributed by atoms with Gasteiger partial charge in [0.1, 0.15) is 0 Å². The molecule has 0 fully saturated rings. The summed E-state index contributed by atoms with van der Waals surface area (Å²) in [6, 6.07) is 0. The zero-order valence-electron chi connectivity index (χ0n) is 5.23. The molecule has 0 aromatic carbocycles. The molecule has 0 aliphatic carbocycles. The molecule has 0 saturated heterocycles. The van der Waals surface area contributed by atoms with Crippen molar-refractivity contribution in [3.8, 4) is 0 Å². The summed E-state index contributed by atoms with van der Waals surface area (Å²) >= 11 is 16.9. The Hall–Kier alpha value is 0.432. The number of nitrogens with zero attached hydrogens (tertiary/aromatic N) is 1. The number of rotatable bonds is 4. The molecule has 0 N–H and O–H groups in total. The van der Waals surface area contributed by atoms with Gasteiger partial charge in [0.05, 0.1) is 0 Å². The molecule has 0 heterocycles. The van der Waals surface area contributed by atoms with Crippen LogP contribution in [0.3, 0.4) is 0 Å². The van der Waals surface area contributed by atoms with E-state index in [1.165, 1.54) is 6.20 Å². The van der Waals surface area contributed by atoms with Gasteiger partial charge in [-0.1, -0.05) is 12.6 Å². The van der Waals surface area contributed by atoms with E-state index >= 15 is 0 Å². The molecule has 1 nitrogen and oxygen atoms in total. The van der Waals surface area contributed by atoms with Gasteiger partial charge in [-0.15, -0.1) is 28.7 Å². The molecule has 0 saturated carbocycles. The van der Waals surface area contributed by atoms with Crippen molar-refractivity contribution < 1.29 is 0 Å². The summed E-state index contributed by atoms with van der Waals surface area (Å²) in [5, 5.41) is 0. The van der Waals surface area contributed by atoms with Crippen LogP contribution in [-0.4, -0.2) is 18.3 Å². The zero-order chi connectivity index (χ0) is 8.15. The molecule has 0 aromatic heterocycles. The normalized spacial score (nSPS) is 9.20. The Bertz CT molecular complexity index is 132. The van der Waals surface area contributed by atoms with Gasteiger partial charge >= 0.3 is 13.8 Å². The molecular formula is C4H6BCl3NSi. The average Bonchev–Trinajstić information content (AvgIpc) is 1.88. The molecule has 0 aromatic rings. The molecule has 55 valence electrons. The van der Waals surface area contributed by atoms with Crippen LogP contribution in [0, 0.1) is 0 Å². The maximum atomic E-state index is 5.72. The Morgan fingerprint density at radius 1 is 1.40 bits per heavy atom. The van der Waals surface area contributed by atoms with Crippen LogP contribution in [0.5, 0.6) is 0 Å². The highest BCUT2D eigenvalue weighted by Crippen LogP contribution is 2.10. The Balaban J connectivity index is 4.04. The van der Waals surface area contributed by atoms with E-state index in [1.807, 2.05) is 0 Å². The fourth-order valence-electron chi connectivity index (χ4n) is 0.376. The van der Waals surface area contributed by atoms with Gasteiger partial charge in [-0.05, 0) is 6.20 Å². The minimum Gasteiger partial charge on any atom is -0.408 e. The second-order valence-corrected chi connectivity index (χ2v) is 5.61. The summed E-state index contributed by atoms with van der Waals surface area (Å²) in [5.74, 6) is 1.54. The van der Waals surface area contributed by atoms with Crippen LogP contribution in [0.15, 0.2) is 25.3 Å². The number of hydrogen-bond acceptors (Lipinski definition) is 1. The fraction of sp³-hybridized carbons (Fsp3) is 0. The van der Waals surface area contributed by atoms with E-state index in [-0.39, 0.29) is 6.26 Å². The molecule has 0 aliphatic rings. The van der Waals surface area contributed by atoms with Crippen LogP contribution >= 0.6 is 33.6 Å². The molecule has 0 spiro atoms. The monoisotopic (exact) mass is 212 g/mol. The first-order valence-electron chi connectivity index (χ1n) is 2.49. The Morgan fingerprint density at radius 2 is 1.90 bits per heavy atom. The van der Waals surface area contributed by atoms with Gasteiger partial charge < -0.3 is 4.48 Å². The van der Waals surface area contributed by atoms with Crippen LogP contribution in [-0.2, 0) is 0 Å². The van der Waals surface area contributed by atoms with Gasteiger partial charge in [-0.25, -0.2) is 0 Å². The summed E-state index contributed by atoms with van der Waals surface area (Å²) < 4.78 is 1.56. The van der Waals surface area contributed by atoms with Crippen molar-refractivity contribution in [2.75, 3.05) is 0 Å². The van der Waals surface area contributed by atoms with E-state index in [2.05, 4.69) is 13.2 Å². The van der Waals surface area contributed by atoms with Crippen molar-refractivity contribution in [3.05, 3.63) is 25.3 Å². The minimum absolute atomic E-state index is 0.360. The summed E-state index contributed by atoms with van der Waals surface area (Å²) in [7, 11) is -1.58. The van der Waals surface area contributed by atoms with E-state index in [9.17, 15) is 0 Å². The van der Waals surface area contributed by atoms with Gasteiger partial charge in [0.25, 0.3) is 0 Å². The SMILES string of the molecule is C=CB(Cl)N(C=C)[Si](Cl)Cl. The van der Waals surface area contributed by atoms with Crippen molar-refractivity contribution in [2.24, 2.45) is 0 Å². The lowest BCUT2D eigenvalue weighted by Gasteiger charge is -2.19. The molecule has 10 heavy (non-hydrogen) atoms. The standard InChI is InChI=1S/C4H6BCl3NSi/c1-3-5(6)9(4-2)10(7)8/h3-4H,1-2H2. The molecular weight excluding hydrogens is 207 g/mol. The van der Waals surface area contributed by atoms with E-state index < -0.39 is 7.58 Å². The summed E-state index contributed by atoms with van der Waals surface area (Å²) in [6.45, 7) is 6.99. The first-order chi connectivity index (χ1) is 4.63. The average molecular weight is 213 g/mol. The largest absolute Gasteiger partial charge is 0.408 e. The third-order valence-electron chi connectivity index (χ3n) is 0.852. The lowest BCUT2D eigenvalue weighted by Crippen LogP contribution is -2.35. The predicted octanol–water partition coefficient (Wildman–Crippen LogP) is 2.35. The maximum absolute atomic E-state index is 5.72. The molecule has 0 unspecified atom stereocenters. The first kappa shape index (κ1) is 10.4. The molecule has 0 aliphatic heterocycles. The Labute approximate surface area is 77.4 Å². The van der Waals surface area contributed by atoms with Gasteiger partial charge in [0.2, 0.25) is 0 Å². The van der Waals surface area contributed by atoms with E-state index in [0.717, 1.165) is 0 Å². The van der Waals surface area contributed by atoms with E-state index in [4.69, 9.17) is 33.6 Å². The molecule has 0 rings (SSSR count). The van der Waals surface area contributed by atoms with Crippen LogP contribution in [0.25, 0.3) is 0 Å². The second-order valence-electron chi connectivity index (χ2n) is 1.44. The van der Waals surface area contributed by atoms with Crippen LogP contribution in [0.1, 0.15) is 0 Å². The molecule has 6 heteroatoms. The number of halogens is 3. The van der Waals surface area contributed by atoms with Crippen molar-refractivity contribution >= 4 is 47.5 Å². The van der Waals surface area contributed by atoms with Gasteiger partial charge in [0, 0.05) is 0 Å². The number of hydrogen-bond donors (Lipinski definition) is 0. The molecule has 0 amide bonds. The fourth-order valence-corrected chi connectivity index (χ4v) is 2.52. The molecule has 0 bridgehead atoms. The predicted molar refractivity (Wildman–Crippen MR) is 51.3 cm³/mol. The quantitative estimate of drug-likeness (QED) is 0.512. The Kier molecular flexibility index (Phi) is 5.35. The summed E-state index contributed by atoms with van der Waals surface area (Å²) in [6.07, 6.45) is 1.15. The van der Waals surface area contributed by atoms with Gasteiger partial charge in [-0.3, -0.25) is 0 Å². The highest BCUT2D eigenvalue weighted by Gasteiger charge is 2.21. The topological polar surface area (TPSA) is 3.24 Å². The Morgan fingerprint density at radius 3 is 2.00 bits per heavy atom. The van der Waals surface area contributed by atoms with Gasteiger partial charge in [0.15, 0.2) is 0 Å². The minimum atomic E-state index is -1.58. The second kappa shape index (κ2) is 5.13. The third-order valence-corrected chi connectivity index (χ3v) is 3.43. The van der Waals surface area contributed by atoms with Crippen molar-refractivity contribution in [1.29, 1.82) is 0 Å². The molecule has 1 radical (unpaired) electrons. The smallest absolute Gasteiger partial charge is 0.382 e. The van der Waals surface area contributed by atoms with E-state index in [0.29, 0.717) is 0 Å². The highest BCUT2D eigenvalue weighted by molar-refractivity contribution is 7.36. The van der Waals surface area contributed by atoms with Crippen LogP contribution < -0.4 is 0 Å². The van der Waals surface area contributed by atoms with Crippen molar-refractivity contribution in [1.82, 2.24) is 4.48 Å². The van der Waals surface area contributed by atoms with E-state index in [1.54, 1.807) is 10.5 Å². The van der Waals surface area contributed by atoms with Crippen molar-refractivity contribution in [2.45, 2.75) is 0 Å². The van der Waals surface area contributed by atoms with Gasteiger partial charge in [-0.2, -0.15) is 11.5 Å². The lowest BCUT2D eigenvalue weighted by atomic mass is 9.94. The van der Waals surface area contributed by atoms with Crippen LogP contribution in [0.4, 0.5) is 0 Å². The zero-order valence-corrected chi connectivity index (χ0v) is 8.50. The maximum Gasteiger partial charge on any atom is 0.382 e. The lowest BCUT2D eigenvalue weighted by molar-refractivity contribution is 0.951. The van der Waals surface area contributed by atoms with Crippen LogP contribution in [0.2, 0.25) is 0 Å². The van der Waals surface area contributed by atoms with Crippen molar-refractivity contribution in [3.63, 3.8) is 0 Å². The summed E-state index contributed by atoms with van der Waals surface area (Å²) in [4.78, 5) is 0. The third kappa shape index (κ3) is 3.01. The summed E-state index contributed by atoms with van der Waals surface area (Å²) in [5.41, 5.74) is 0. The highest BCUT2D eigenvalue weighted by atomic mass is 35.7. The first-order valence-corrected chi connectivity index (χ1v) is 6.39.